The van der Waals surface area contributed by atoms with Crippen LogP contribution < -0.4 is 0 Å². The summed E-state index contributed by atoms with van der Waals surface area (Å²) in [4.78, 5) is 0. The molecule has 0 saturated carbocycles. The van der Waals surface area contributed by atoms with Crippen LogP contribution in [0.5, 0.6) is 0 Å². The van der Waals surface area contributed by atoms with E-state index in [9.17, 15) is 0 Å². The molecule has 0 fully saturated rings. The molecule has 0 nitrogen and oxygen atoms in total. The predicted octanol–water partition coefficient (Wildman–Crippen LogP) is 3.52. The van der Waals surface area contributed by atoms with Gasteiger partial charge in [0.2, 0.25) is 0 Å². The first-order chi connectivity index (χ1) is 6.13. The Morgan fingerprint density at radius 1 is 1.46 bits per heavy atom. The van der Waals surface area contributed by atoms with Gasteiger partial charge in [-0.25, -0.2) is 0 Å². The highest BCUT2D eigenvalue weighted by Gasteiger charge is 2.02. The monoisotopic (exact) mass is 192 g/mol. The first-order valence-corrected chi connectivity index (χ1v) is 4.76. The number of hydrogen-bond donors (Lipinski definition) is 0. The molecule has 0 saturated heterocycles. The maximum absolute atomic E-state index is 6.06. The third-order valence-electron chi connectivity index (χ3n) is 1.85. The predicted molar refractivity (Wildman–Crippen MR) is 57.9 cm³/mol. The van der Waals surface area contributed by atoms with E-state index in [0.29, 0.717) is 5.92 Å². The summed E-state index contributed by atoms with van der Waals surface area (Å²) in [5.74, 6) is 3.18. The molecule has 0 radical (unpaired) electrons. The first-order valence-electron chi connectivity index (χ1n) is 4.38. The first kappa shape index (κ1) is 10.2. The van der Waals surface area contributed by atoms with E-state index in [2.05, 4.69) is 19.8 Å². The average Bonchev–Trinajstić information content (AvgIpc) is 2.08. The summed E-state index contributed by atoms with van der Waals surface area (Å²) >= 11 is 6.06. The minimum absolute atomic E-state index is 0.620. The summed E-state index contributed by atoms with van der Waals surface area (Å²) in [5.41, 5.74) is 2.02. The quantitative estimate of drug-likeness (QED) is 0.629. The topological polar surface area (TPSA) is 0 Å². The van der Waals surface area contributed by atoms with Gasteiger partial charge in [0.05, 0.1) is 0 Å². The van der Waals surface area contributed by atoms with Crippen LogP contribution in [0.2, 0.25) is 5.02 Å². The van der Waals surface area contributed by atoms with E-state index in [4.69, 9.17) is 18.0 Å². The van der Waals surface area contributed by atoms with E-state index in [0.717, 1.165) is 17.0 Å². The van der Waals surface area contributed by atoms with Gasteiger partial charge in [-0.15, -0.1) is 6.42 Å². The zero-order valence-corrected chi connectivity index (χ0v) is 8.73. The Morgan fingerprint density at radius 2 is 2.15 bits per heavy atom. The lowest BCUT2D eigenvalue weighted by Gasteiger charge is -2.07. The van der Waals surface area contributed by atoms with Crippen molar-refractivity contribution in [3.63, 3.8) is 0 Å². The standard InChI is InChI=1S/C12H13Cl/c1-4-10-5-6-11(7-9(2)3)12(13)8-10/h1,5-6,8-9H,7H2,2-3H3. The molecular weight excluding hydrogens is 180 g/mol. The van der Waals surface area contributed by atoms with E-state index in [-0.39, 0.29) is 0 Å². The molecule has 0 N–H and O–H groups in total. The number of halogens is 1. The molecule has 1 rings (SSSR count). The molecule has 1 aromatic rings. The number of rotatable bonds is 2. The molecular formula is C12H13Cl. The average molecular weight is 193 g/mol. The van der Waals surface area contributed by atoms with Gasteiger partial charge in [-0.2, -0.15) is 0 Å². The Kier molecular flexibility index (Phi) is 3.39. The van der Waals surface area contributed by atoms with Crippen LogP contribution in [0.15, 0.2) is 18.2 Å². The summed E-state index contributed by atoms with van der Waals surface area (Å²) in [7, 11) is 0. The van der Waals surface area contributed by atoms with Crippen molar-refractivity contribution < 1.29 is 0 Å². The Bertz CT molecular complexity index is 331. The lowest BCUT2D eigenvalue weighted by atomic mass is 10.0. The molecule has 68 valence electrons. The highest BCUT2D eigenvalue weighted by Crippen LogP contribution is 2.20. The van der Waals surface area contributed by atoms with Crippen molar-refractivity contribution in [2.24, 2.45) is 5.92 Å². The van der Waals surface area contributed by atoms with Gasteiger partial charge < -0.3 is 0 Å². The van der Waals surface area contributed by atoms with E-state index < -0.39 is 0 Å². The summed E-state index contributed by atoms with van der Waals surface area (Å²) in [5, 5.41) is 0.782. The minimum atomic E-state index is 0.620. The van der Waals surface area contributed by atoms with E-state index in [1.165, 1.54) is 5.56 Å². The maximum Gasteiger partial charge on any atom is 0.0450 e. The lowest BCUT2D eigenvalue weighted by Crippen LogP contribution is -1.95. The molecule has 0 spiro atoms. The zero-order chi connectivity index (χ0) is 9.84. The maximum atomic E-state index is 6.06. The van der Waals surface area contributed by atoms with Crippen LogP contribution in [0.1, 0.15) is 25.0 Å². The van der Waals surface area contributed by atoms with Crippen molar-refractivity contribution in [2.75, 3.05) is 0 Å². The molecule has 0 unspecified atom stereocenters. The Hall–Kier alpha value is -0.930. The van der Waals surface area contributed by atoms with Crippen molar-refractivity contribution in [3.8, 4) is 12.3 Å². The van der Waals surface area contributed by atoms with Crippen molar-refractivity contribution in [3.05, 3.63) is 34.3 Å². The van der Waals surface area contributed by atoms with Gasteiger partial charge in [-0.3, -0.25) is 0 Å². The third kappa shape index (κ3) is 2.79. The van der Waals surface area contributed by atoms with Crippen LogP contribution in [0.4, 0.5) is 0 Å². The normalized spacial score (nSPS) is 10.1. The van der Waals surface area contributed by atoms with Crippen molar-refractivity contribution in [1.29, 1.82) is 0 Å². The minimum Gasteiger partial charge on any atom is -0.115 e. The molecule has 0 aromatic heterocycles. The number of hydrogen-bond acceptors (Lipinski definition) is 0. The van der Waals surface area contributed by atoms with Gasteiger partial charge in [0.25, 0.3) is 0 Å². The van der Waals surface area contributed by atoms with Gasteiger partial charge in [0, 0.05) is 10.6 Å². The summed E-state index contributed by atoms with van der Waals surface area (Å²) < 4.78 is 0. The second kappa shape index (κ2) is 4.35. The van der Waals surface area contributed by atoms with E-state index >= 15 is 0 Å². The molecule has 0 bridgehead atoms. The Labute approximate surface area is 84.9 Å². The molecule has 0 amide bonds. The van der Waals surface area contributed by atoms with E-state index in [1.807, 2.05) is 18.2 Å². The van der Waals surface area contributed by atoms with Crippen molar-refractivity contribution in [2.45, 2.75) is 20.3 Å². The highest BCUT2D eigenvalue weighted by molar-refractivity contribution is 6.31. The summed E-state index contributed by atoms with van der Waals surface area (Å²) in [6.45, 7) is 4.34. The largest absolute Gasteiger partial charge is 0.115 e. The van der Waals surface area contributed by atoms with Gasteiger partial charge in [0.1, 0.15) is 0 Å². The second-order valence-corrected chi connectivity index (χ2v) is 3.96. The molecule has 1 heteroatoms. The van der Waals surface area contributed by atoms with Crippen LogP contribution in [0.25, 0.3) is 0 Å². The smallest absolute Gasteiger partial charge is 0.0450 e. The Morgan fingerprint density at radius 3 is 2.62 bits per heavy atom. The van der Waals surface area contributed by atoms with Gasteiger partial charge >= 0.3 is 0 Å². The molecule has 0 heterocycles. The number of terminal acetylenes is 1. The van der Waals surface area contributed by atoms with Gasteiger partial charge in [-0.1, -0.05) is 37.4 Å². The molecule has 0 aliphatic heterocycles. The fraction of sp³-hybridized carbons (Fsp3) is 0.333. The van der Waals surface area contributed by atoms with Crippen molar-refractivity contribution in [1.82, 2.24) is 0 Å². The van der Waals surface area contributed by atoms with Crippen LogP contribution in [0, 0.1) is 18.3 Å². The SMILES string of the molecule is C#Cc1ccc(CC(C)C)c(Cl)c1. The number of benzene rings is 1. The van der Waals surface area contributed by atoms with E-state index in [1.54, 1.807) is 0 Å². The second-order valence-electron chi connectivity index (χ2n) is 3.55. The molecule has 0 aliphatic carbocycles. The molecule has 0 atom stereocenters. The highest BCUT2D eigenvalue weighted by atomic mass is 35.5. The summed E-state index contributed by atoms with van der Waals surface area (Å²) in [6, 6.07) is 5.79. The molecule has 0 aliphatic rings. The van der Waals surface area contributed by atoms with Gasteiger partial charge in [-0.05, 0) is 30.0 Å². The van der Waals surface area contributed by atoms with Crippen LogP contribution >= 0.6 is 11.6 Å². The van der Waals surface area contributed by atoms with Gasteiger partial charge in [0.15, 0.2) is 0 Å². The lowest BCUT2D eigenvalue weighted by molar-refractivity contribution is 0.647. The third-order valence-corrected chi connectivity index (χ3v) is 2.20. The summed E-state index contributed by atoms with van der Waals surface area (Å²) in [6.07, 6.45) is 6.27. The fourth-order valence-corrected chi connectivity index (χ4v) is 1.50. The fourth-order valence-electron chi connectivity index (χ4n) is 1.24. The van der Waals surface area contributed by atoms with Crippen molar-refractivity contribution >= 4 is 11.6 Å². The van der Waals surface area contributed by atoms with Crippen LogP contribution in [0.3, 0.4) is 0 Å². The molecule has 13 heavy (non-hydrogen) atoms. The Balaban J connectivity index is 2.93. The molecule has 1 aromatic carbocycles. The van der Waals surface area contributed by atoms with Crippen LogP contribution in [-0.2, 0) is 6.42 Å². The zero-order valence-electron chi connectivity index (χ0n) is 7.97. The van der Waals surface area contributed by atoms with Crippen LogP contribution in [-0.4, -0.2) is 0 Å².